The fourth-order valence-corrected chi connectivity index (χ4v) is 1.72. The SMILES string of the molecule is Nc1ccc(OCCNC(=O)c2ccnc(Cl)c2)cc1. The van der Waals surface area contributed by atoms with Crippen molar-refractivity contribution in [3.05, 3.63) is 53.3 Å². The third kappa shape index (κ3) is 4.13. The van der Waals surface area contributed by atoms with E-state index in [-0.39, 0.29) is 11.1 Å². The van der Waals surface area contributed by atoms with Gasteiger partial charge in [-0.05, 0) is 36.4 Å². The van der Waals surface area contributed by atoms with Gasteiger partial charge in [0.05, 0.1) is 6.54 Å². The number of hydrogen-bond donors (Lipinski definition) is 2. The molecule has 2 aromatic rings. The first-order chi connectivity index (χ1) is 9.65. The van der Waals surface area contributed by atoms with Crippen molar-refractivity contribution < 1.29 is 9.53 Å². The van der Waals surface area contributed by atoms with E-state index in [1.54, 1.807) is 30.3 Å². The van der Waals surface area contributed by atoms with Crippen molar-refractivity contribution >= 4 is 23.2 Å². The van der Waals surface area contributed by atoms with Crippen molar-refractivity contribution in [2.75, 3.05) is 18.9 Å². The molecule has 0 spiro atoms. The molecule has 1 aromatic heterocycles. The van der Waals surface area contributed by atoms with Crippen LogP contribution in [0.25, 0.3) is 0 Å². The van der Waals surface area contributed by atoms with Crippen LogP contribution < -0.4 is 15.8 Å². The minimum atomic E-state index is -0.213. The van der Waals surface area contributed by atoms with Crippen molar-refractivity contribution in [2.45, 2.75) is 0 Å². The molecule has 0 unspecified atom stereocenters. The van der Waals surface area contributed by atoms with Gasteiger partial charge >= 0.3 is 0 Å². The Morgan fingerprint density at radius 2 is 2.05 bits per heavy atom. The molecule has 1 heterocycles. The topological polar surface area (TPSA) is 77.2 Å². The maximum atomic E-state index is 11.8. The van der Waals surface area contributed by atoms with Crippen molar-refractivity contribution in [3.8, 4) is 5.75 Å². The van der Waals surface area contributed by atoms with Gasteiger partial charge in [0.15, 0.2) is 0 Å². The number of amides is 1. The number of carbonyl (C=O) groups excluding carboxylic acids is 1. The van der Waals surface area contributed by atoms with Gasteiger partial charge in [0.2, 0.25) is 0 Å². The average molecular weight is 292 g/mol. The van der Waals surface area contributed by atoms with Gasteiger partial charge in [-0.2, -0.15) is 0 Å². The van der Waals surface area contributed by atoms with Gasteiger partial charge in [-0.15, -0.1) is 0 Å². The maximum absolute atomic E-state index is 11.8. The summed E-state index contributed by atoms with van der Waals surface area (Å²) < 4.78 is 5.46. The van der Waals surface area contributed by atoms with E-state index in [4.69, 9.17) is 22.1 Å². The number of rotatable bonds is 5. The van der Waals surface area contributed by atoms with Gasteiger partial charge in [0.25, 0.3) is 5.91 Å². The molecule has 0 radical (unpaired) electrons. The zero-order chi connectivity index (χ0) is 14.4. The molecule has 3 N–H and O–H groups in total. The Morgan fingerprint density at radius 3 is 2.75 bits per heavy atom. The van der Waals surface area contributed by atoms with Crippen LogP contribution in [0.3, 0.4) is 0 Å². The number of aromatic nitrogens is 1. The fraction of sp³-hybridized carbons (Fsp3) is 0.143. The zero-order valence-electron chi connectivity index (χ0n) is 10.7. The first-order valence-electron chi connectivity index (χ1n) is 6.03. The summed E-state index contributed by atoms with van der Waals surface area (Å²) in [6, 6.07) is 10.2. The van der Waals surface area contributed by atoms with Gasteiger partial charge in [0.1, 0.15) is 17.5 Å². The number of ether oxygens (including phenoxy) is 1. The Morgan fingerprint density at radius 1 is 1.30 bits per heavy atom. The zero-order valence-corrected chi connectivity index (χ0v) is 11.4. The number of anilines is 1. The summed E-state index contributed by atoms with van der Waals surface area (Å²) in [5, 5.41) is 3.02. The summed E-state index contributed by atoms with van der Waals surface area (Å²) >= 11 is 5.72. The van der Waals surface area contributed by atoms with Crippen LogP contribution in [0, 0.1) is 0 Å². The van der Waals surface area contributed by atoms with Gasteiger partial charge in [-0.25, -0.2) is 4.98 Å². The van der Waals surface area contributed by atoms with Crippen LogP contribution in [0.4, 0.5) is 5.69 Å². The highest BCUT2D eigenvalue weighted by Crippen LogP contribution is 2.12. The Kier molecular flexibility index (Phi) is 4.79. The standard InChI is InChI=1S/C14H14ClN3O2/c15-13-9-10(5-6-17-13)14(19)18-7-8-20-12-3-1-11(16)2-4-12/h1-6,9H,7-8,16H2,(H,18,19). The van der Waals surface area contributed by atoms with Crippen molar-refractivity contribution in [3.63, 3.8) is 0 Å². The normalized spacial score (nSPS) is 10.1. The molecule has 0 aliphatic rings. The molecule has 104 valence electrons. The highest BCUT2D eigenvalue weighted by molar-refractivity contribution is 6.29. The molecule has 5 nitrogen and oxygen atoms in total. The summed E-state index contributed by atoms with van der Waals surface area (Å²) in [5.74, 6) is 0.496. The number of halogens is 1. The number of nitrogens with zero attached hydrogens (tertiary/aromatic N) is 1. The molecule has 0 saturated carbocycles. The molecule has 1 amide bonds. The lowest BCUT2D eigenvalue weighted by Crippen LogP contribution is -2.28. The Bertz CT molecular complexity index is 587. The smallest absolute Gasteiger partial charge is 0.251 e. The second-order valence-corrected chi connectivity index (χ2v) is 4.43. The van der Waals surface area contributed by atoms with E-state index in [1.165, 1.54) is 12.3 Å². The van der Waals surface area contributed by atoms with Crippen LogP contribution in [0.2, 0.25) is 5.15 Å². The highest BCUT2D eigenvalue weighted by atomic mass is 35.5. The molecule has 6 heteroatoms. The highest BCUT2D eigenvalue weighted by Gasteiger charge is 2.05. The molecule has 0 bridgehead atoms. The largest absolute Gasteiger partial charge is 0.492 e. The third-order valence-electron chi connectivity index (χ3n) is 2.53. The van der Waals surface area contributed by atoms with Crippen LogP contribution in [0.15, 0.2) is 42.6 Å². The van der Waals surface area contributed by atoms with Crippen LogP contribution in [0.5, 0.6) is 5.75 Å². The number of pyridine rings is 1. The van der Waals surface area contributed by atoms with E-state index in [9.17, 15) is 4.79 Å². The molecule has 2 rings (SSSR count). The minimum Gasteiger partial charge on any atom is -0.492 e. The number of hydrogen-bond acceptors (Lipinski definition) is 4. The summed E-state index contributed by atoms with van der Waals surface area (Å²) in [7, 11) is 0. The first kappa shape index (κ1) is 14.1. The minimum absolute atomic E-state index is 0.213. The van der Waals surface area contributed by atoms with E-state index in [1.807, 2.05) is 0 Å². The van der Waals surface area contributed by atoms with Crippen molar-refractivity contribution in [1.29, 1.82) is 0 Å². The lowest BCUT2D eigenvalue weighted by molar-refractivity contribution is 0.0947. The molecule has 0 atom stereocenters. The van der Waals surface area contributed by atoms with E-state index in [0.717, 1.165) is 0 Å². The monoisotopic (exact) mass is 291 g/mol. The summed E-state index contributed by atoms with van der Waals surface area (Å²) in [5.41, 5.74) is 6.72. The molecule has 0 saturated heterocycles. The van der Waals surface area contributed by atoms with Crippen LogP contribution >= 0.6 is 11.6 Å². The summed E-state index contributed by atoms with van der Waals surface area (Å²) in [6.45, 7) is 0.762. The van der Waals surface area contributed by atoms with Crippen LogP contribution in [-0.4, -0.2) is 24.0 Å². The molecule has 0 fully saturated rings. The van der Waals surface area contributed by atoms with Crippen molar-refractivity contribution in [1.82, 2.24) is 10.3 Å². The second kappa shape index (κ2) is 6.77. The van der Waals surface area contributed by atoms with Gasteiger partial charge in [-0.1, -0.05) is 11.6 Å². The van der Waals surface area contributed by atoms with Crippen LogP contribution in [-0.2, 0) is 0 Å². The van der Waals surface area contributed by atoms with Gasteiger partial charge < -0.3 is 15.8 Å². The van der Waals surface area contributed by atoms with E-state index in [2.05, 4.69) is 10.3 Å². The predicted molar refractivity (Wildman–Crippen MR) is 77.9 cm³/mol. The predicted octanol–water partition coefficient (Wildman–Crippen LogP) is 2.13. The summed E-state index contributed by atoms with van der Waals surface area (Å²) in [6.07, 6.45) is 1.49. The van der Waals surface area contributed by atoms with Gasteiger partial charge in [-0.3, -0.25) is 4.79 Å². The quantitative estimate of drug-likeness (QED) is 0.502. The lowest BCUT2D eigenvalue weighted by atomic mass is 10.2. The van der Waals surface area contributed by atoms with Crippen LogP contribution in [0.1, 0.15) is 10.4 Å². The molecule has 0 aliphatic heterocycles. The molecule has 0 aliphatic carbocycles. The Hall–Kier alpha value is -2.27. The number of carbonyl (C=O) groups is 1. The molecular weight excluding hydrogens is 278 g/mol. The molecule has 20 heavy (non-hydrogen) atoms. The Balaban J connectivity index is 1.76. The van der Waals surface area contributed by atoms with E-state index < -0.39 is 0 Å². The van der Waals surface area contributed by atoms with Gasteiger partial charge in [0, 0.05) is 17.4 Å². The number of nitrogens with one attached hydrogen (secondary N) is 1. The Labute approximate surface area is 121 Å². The summed E-state index contributed by atoms with van der Waals surface area (Å²) in [4.78, 5) is 15.6. The second-order valence-electron chi connectivity index (χ2n) is 4.04. The maximum Gasteiger partial charge on any atom is 0.251 e. The van der Waals surface area contributed by atoms with E-state index in [0.29, 0.717) is 30.2 Å². The number of nitrogen functional groups attached to an aromatic ring is 1. The number of nitrogens with two attached hydrogens (primary N) is 1. The lowest BCUT2D eigenvalue weighted by Gasteiger charge is -2.08. The van der Waals surface area contributed by atoms with Crippen molar-refractivity contribution in [2.24, 2.45) is 0 Å². The van der Waals surface area contributed by atoms with E-state index >= 15 is 0 Å². The molecular formula is C14H14ClN3O2. The number of benzene rings is 1. The first-order valence-corrected chi connectivity index (χ1v) is 6.41. The third-order valence-corrected chi connectivity index (χ3v) is 2.73. The molecule has 1 aromatic carbocycles. The fourth-order valence-electron chi connectivity index (χ4n) is 1.54. The average Bonchev–Trinajstić information content (AvgIpc) is 2.45.